The minimum absolute atomic E-state index is 0.00533. The quantitative estimate of drug-likeness (QED) is 0.449. The molecule has 0 bridgehead atoms. The van der Waals surface area contributed by atoms with Gasteiger partial charge in [0.2, 0.25) is 11.5 Å². The highest BCUT2D eigenvalue weighted by atomic mass is 16.5. The summed E-state index contributed by atoms with van der Waals surface area (Å²) in [6.45, 7) is 2.47. The van der Waals surface area contributed by atoms with E-state index in [-0.39, 0.29) is 18.2 Å². The van der Waals surface area contributed by atoms with Gasteiger partial charge in [0.25, 0.3) is 5.91 Å². The number of hydrogen-bond donors (Lipinski definition) is 2. The summed E-state index contributed by atoms with van der Waals surface area (Å²) in [4.78, 5) is 31.5. The predicted molar refractivity (Wildman–Crippen MR) is 123 cm³/mol. The molecular weight excluding hydrogens is 434 g/mol. The van der Waals surface area contributed by atoms with Crippen LogP contribution in [0.25, 0.3) is 22.8 Å². The molecule has 2 N–H and O–H groups in total. The van der Waals surface area contributed by atoms with E-state index in [1.807, 2.05) is 31.2 Å². The maximum absolute atomic E-state index is 12.4. The number of aliphatic hydroxyl groups is 1. The summed E-state index contributed by atoms with van der Waals surface area (Å²) in [5.41, 5.74) is 1.59. The van der Waals surface area contributed by atoms with Gasteiger partial charge < -0.3 is 19.8 Å². The minimum atomic E-state index is -1.70. The van der Waals surface area contributed by atoms with Crippen LogP contribution in [0.1, 0.15) is 30.7 Å². The molecule has 0 spiro atoms. The zero-order valence-corrected chi connectivity index (χ0v) is 18.7. The molecule has 0 aliphatic carbocycles. The van der Waals surface area contributed by atoms with Crippen molar-refractivity contribution in [1.29, 1.82) is 0 Å². The van der Waals surface area contributed by atoms with Crippen LogP contribution < -0.4 is 5.32 Å². The van der Waals surface area contributed by atoms with Crippen molar-refractivity contribution in [2.45, 2.75) is 25.0 Å². The Labute approximate surface area is 195 Å². The van der Waals surface area contributed by atoms with Gasteiger partial charge in [0.05, 0.1) is 23.1 Å². The Bertz CT molecular complexity index is 1330. The van der Waals surface area contributed by atoms with E-state index in [1.165, 1.54) is 4.90 Å². The van der Waals surface area contributed by atoms with Gasteiger partial charge in [0.15, 0.2) is 5.76 Å². The van der Waals surface area contributed by atoms with Crippen LogP contribution >= 0.6 is 0 Å². The van der Waals surface area contributed by atoms with Crippen molar-refractivity contribution in [2.75, 3.05) is 18.9 Å². The number of rotatable bonds is 6. The number of likely N-dealkylation sites (N-methyl/N-ethyl adjacent to an activating group) is 1. The molecule has 4 aromatic rings. The molecule has 10 heteroatoms. The minimum Gasteiger partial charge on any atom is -0.373 e. The molecule has 5 heterocycles. The third-order valence-electron chi connectivity index (χ3n) is 5.91. The Morgan fingerprint density at radius 2 is 1.79 bits per heavy atom. The number of hydrogen-bond acceptors (Lipinski definition) is 9. The summed E-state index contributed by atoms with van der Waals surface area (Å²) >= 11 is 0. The van der Waals surface area contributed by atoms with Crippen LogP contribution in [-0.2, 0) is 10.4 Å². The fourth-order valence-corrected chi connectivity index (χ4v) is 3.89. The molecule has 4 aromatic heterocycles. The van der Waals surface area contributed by atoms with Crippen LogP contribution in [0.3, 0.4) is 0 Å². The van der Waals surface area contributed by atoms with E-state index in [0.717, 1.165) is 5.56 Å². The van der Waals surface area contributed by atoms with Crippen LogP contribution in [-0.4, -0.2) is 54.6 Å². The number of amides is 1. The highest BCUT2D eigenvalue weighted by Gasteiger charge is 2.48. The van der Waals surface area contributed by atoms with Crippen molar-refractivity contribution in [2.24, 2.45) is 0 Å². The molecule has 1 saturated heterocycles. The Hall–Kier alpha value is -4.18. The second kappa shape index (κ2) is 8.64. The average molecular weight is 457 g/mol. The van der Waals surface area contributed by atoms with E-state index in [0.29, 0.717) is 35.3 Å². The van der Waals surface area contributed by atoms with Gasteiger partial charge in [-0.2, -0.15) is 0 Å². The van der Waals surface area contributed by atoms with Gasteiger partial charge in [-0.15, -0.1) is 0 Å². The first-order chi connectivity index (χ1) is 16.4. The first-order valence-corrected chi connectivity index (χ1v) is 10.9. The molecule has 1 aliphatic heterocycles. The van der Waals surface area contributed by atoms with Gasteiger partial charge in [0.1, 0.15) is 5.69 Å². The van der Waals surface area contributed by atoms with Crippen LogP contribution in [0.4, 0.5) is 5.95 Å². The van der Waals surface area contributed by atoms with Gasteiger partial charge in [0, 0.05) is 44.7 Å². The lowest BCUT2D eigenvalue weighted by Crippen LogP contribution is -2.35. The van der Waals surface area contributed by atoms with Crippen LogP contribution in [0.2, 0.25) is 0 Å². The zero-order chi connectivity index (χ0) is 23.7. The molecule has 5 rings (SSSR count). The maximum Gasteiger partial charge on any atom is 0.262 e. The summed E-state index contributed by atoms with van der Waals surface area (Å²) in [7, 11) is 1.64. The van der Waals surface area contributed by atoms with Crippen molar-refractivity contribution in [3.63, 3.8) is 0 Å². The Kier molecular flexibility index (Phi) is 5.50. The summed E-state index contributed by atoms with van der Waals surface area (Å²) in [5.74, 6) is 0.186. The van der Waals surface area contributed by atoms with Crippen molar-refractivity contribution in [3.8, 4) is 22.8 Å². The fourth-order valence-electron chi connectivity index (χ4n) is 3.89. The molecule has 34 heavy (non-hydrogen) atoms. The van der Waals surface area contributed by atoms with E-state index < -0.39 is 11.5 Å². The van der Waals surface area contributed by atoms with Crippen LogP contribution in [0.15, 0.2) is 65.6 Å². The SMILES string of the molecule is C[C@H](Nc1nccc(-c2cccc(-c3cc([C@]4(O)CCN(C)C4=O)on3)n2)n1)c1ccncc1. The molecule has 0 aromatic carbocycles. The van der Waals surface area contributed by atoms with E-state index in [2.05, 4.69) is 30.4 Å². The lowest BCUT2D eigenvalue weighted by molar-refractivity contribution is -0.144. The van der Waals surface area contributed by atoms with E-state index >= 15 is 0 Å². The molecule has 1 amide bonds. The molecule has 2 atom stereocenters. The number of nitrogens with zero attached hydrogens (tertiary/aromatic N) is 6. The first-order valence-electron chi connectivity index (χ1n) is 10.9. The average Bonchev–Trinajstić information content (AvgIpc) is 3.47. The Morgan fingerprint density at radius 1 is 1.06 bits per heavy atom. The highest BCUT2D eigenvalue weighted by Crippen LogP contribution is 2.34. The van der Waals surface area contributed by atoms with E-state index in [9.17, 15) is 9.90 Å². The van der Waals surface area contributed by atoms with Crippen LogP contribution in [0.5, 0.6) is 0 Å². The number of anilines is 1. The standard InChI is InChI=1S/C24H23N7O3/c1-15(16-6-10-25-11-7-16)27-23-26-12-8-19(29-23)17-4-3-5-18(28-17)20-14-21(34-30-20)24(33)9-13-31(2)22(24)32/h3-8,10-12,14-15,33H,9,13H2,1-2H3,(H,26,27,29)/t15-,24+/m0/s1. The number of likely N-dealkylation sites (tertiary alicyclic amines) is 1. The molecule has 1 fully saturated rings. The fraction of sp³-hybridized carbons (Fsp3) is 0.250. The maximum atomic E-state index is 12.4. The summed E-state index contributed by atoms with van der Waals surface area (Å²) in [5, 5.41) is 18.1. The number of aromatic nitrogens is 5. The summed E-state index contributed by atoms with van der Waals surface area (Å²) in [6, 6.07) is 12.7. The molecule has 0 saturated carbocycles. The number of pyridine rings is 2. The van der Waals surface area contributed by atoms with Crippen molar-refractivity contribution in [3.05, 3.63) is 72.4 Å². The molecule has 1 aliphatic rings. The third kappa shape index (κ3) is 3.99. The van der Waals surface area contributed by atoms with Crippen LogP contribution in [0, 0.1) is 0 Å². The Balaban J connectivity index is 1.39. The first kappa shape index (κ1) is 21.7. The summed E-state index contributed by atoms with van der Waals surface area (Å²) in [6.07, 6.45) is 5.41. The van der Waals surface area contributed by atoms with Crippen molar-refractivity contribution < 1.29 is 14.4 Å². The van der Waals surface area contributed by atoms with Crippen molar-refractivity contribution in [1.82, 2.24) is 30.0 Å². The smallest absolute Gasteiger partial charge is 0.262 e. The lowest BCUT2D eigenvalue weighted by atomic mass is 9.98. The molecule has 0 radical (unpaired) electrons. The second-order valence-corrected chi connectivity index (χ2v) is 8.23. The lowest BCUT2D eigenvalue weighted by Gasteiger charge is -2.16. The highest BCUT2D eigenvalue weighted by molar-refractivity contribution is 5.87. The molecular formula is C24H23N7O3. The zero-order valence-electron chi connectivity index (χ0n) is 18.7. The van der Waals surface area contributed by atoms with Gasteiger partial charge in [-0.3, -0.25) is 9.78 Å². The number of carbonyl (C=O) groups excluding carboxylic acids is 1. The monoisotopic (exact) mass is 457 g/mol. The Morgan fingerprint density at radius 3 is 2.53 bits per heavy atom. The number of nitrogens with one attached hydrogen (secondary N) is 1. The largest absolute Gasteiger partial charge is 0.373 e. The third-order valence-corrected chi connectivity index (χ3v) is 5.91. The normalized spacial score (nSPS) is 18.8. The van der Waals surface area contributed by atoms with Gasteiger partial charge in [-0.25, -0.2) is 15.0 Å². The molecule has 0 unspecified atom stereocenters. The summed E-state index contributed by atoms with van der Waals surface area (Å²) < 4.78 is 5.35. The van der Waals surface area contributed by atoms with Gasteiger partial charge in [-0.05, 0) is 42.8 Å². The molecule has 172 valence electrons. The van der Waals surface area contributed by atoms with E-state index in [1.54, 1.807) is 43.8 Å². The van der Waals surface area contributed by atoms with E-state index in [4.69, 9.17) is 4.52 Å². The number of carbonyl (C=O) groups is 1. The predicted octanol–water partition coefficient (Wildman–Crippen LogP) is 2.81. The molecule has 10 nitrogen and oxygen atoms in total. The van der Waals surface area contributed by atoms with Crippen molar-refractivity contribution >= 4 is 11.9 Å². The van der Waals surface area contributed by atoms with Gasteiger partial charge in [-0.1, -0.05) is 11.2 Å². The second-order valence-electron chi connectivity index (χ2n) is 8.23. The topological polar surface area (TPSA) is 130 Å². The van der Waals surface area contributed by atoms with Gasteiger partial charge >= 0.3 is 0 Å².